The molecule has 2 rings (SSSR count). The minimum absolute atomic E-state index is 0.209. The summed E-state index contributed by atoms with van der Waals surface area (Å²) in [6.45, 7) is 3.61. The SMILES string of the molecule is Cc1cccc(/C=C/C(=O)O[C@@H](C)C(=O)NC2CCCCCC2)c1. The lowest BCUT2D eigenvalue weighted by Crippen LogP contribution is -2.41. The normalized spacial score (nSPS) is 17.2. The highest BCUT2D eigenvalue weighted by atomic mass is 16.5. The van der Waals surface area contributed by atoms with Gasteiger partial charge in [0, 0.05) is 12.1 Å². The molecule has 1 aromatic carbocycles. The lowest BCUT2D eigenvalue weighted by atomic mass is 10.1. The van der Waals surface area contributed by atoms with Crippen LogP contribution in [0.5, 0.6) is 0 Å². The van der Waals surface area contributed by atoms with Crippen LogP contribution in [0.1, 0.15) is 56.6 Å². The quantitative estimate of drug-likeness (QED) is 0.508. The number of ether oxygens (including phenoxy) is 1. The second kappa shape index (κ2) is 9.26. The molecule has 4 nitrogen and oxygen atoms in total. The van der Waals surface area contributed by atoms with E-state index in [2.05, 4.69) is 5.32 Å². The molecule has 130 valence electrons. The second-order valence-corrected chi connectivity index (χ2v) is 6.52. The fourth-order valence-corrected chi connectivity index (χ4v) is 2.95. The maximum absolute atomic E-state index is 12.2. The van der Waals surface area contributed by atoms with Crippen LogP contribution in [0.3, 0.4) is 0 Å². The highest BCUT2D eigenvalue weighted by Gasteiger charge is 2.21. The molecular weight excluding hydrogens is 302 g/mol. The molecule has 1 saturated carbocycles. The van der Waals surface area contributed by atoms with E-state index in [4.69, 9.17) is 4.74 Å². The van der Waals surface area contributed by atoms with Gasteiger partial charge in [-0.05, 0) is 38.3 Å². The van der Waals surface area contributed by atoms with Crippen LogP contribution < -0.4 is 5.32 Å². The summed E-state index contributed by atoms with van der Waals surface area (Å²) >= 11 is 0. The first-order valence-electron chi connectivity index (χ1n) is 8.80. The number of esters is 1. The van der Waals surface area contributed by atoms with E-state index in [0.29, 0.717) is 0 Å². The van der Waals surface area contributed by atoms with Crippen LogP contribution in [0.2, 0.25) is 0 Å². The molecular formula is C20H27NO3. The number of hydrogen-bond donors (Lipinski definition) is 1. The van der Waals surface area contributed by atoms with Gasteiger partial charge < -0.3 is 10.1 Å². The van der Waals surface area contributed by atoms with Crippen LogP contribution in [0, 0.1) is 6.92 Å². The van der Waals surface area contributed by atoms with Crippen LogP contribution in [0.25, 0.3) is 6.08 Å². The third kappa shape index (κ3) is 6.19. The van der Waals surface area contributed by atoms with Crippen molar-refractivity contribution in [2.24, 2.45) is 0 Å². The molecule has 0 unspecified atom stereocenters. The van der Waals surface area contributed by atoms with Crippen LogP contribution in [-0.2, 0) is 14.3 Å². The molecule has 0 spiro atoms. The molecule has 1 amide bonds. The molecule has 1 N–H and O–H groups in total. The predicted molar refractivity (Wildman–Crippen MR) is 95.4 cm³/mol. The van der Waals surface area contributed by atoms with Gasteiger partial charge in [-0.1, -0.05) is 55.5 Å². The summed E-state index contributed by atoms with van der Waals surface area (Å²) in [6, 6.07) is 8.04. The zero-order valence-corrected chi connectivity index (χ0v) is 14.6. The number of amides is 1. The first-order chi connectivity index (χ1) is 11.5. The van der Waals surface area contributed by atoms with E-state index in [1.54, 1.807) is 13.0 Å². The van der Waals surface area contributed by atoms with Crippen molar-refractivity contribution < 1.29 is 14.3 Å². The molecule has 4 heteroatoms. The lowest BCUT2D eigenvalue weighted by Gasteiger charge is -2.19. The van der Waals surface area contributed by atoms with Crippen molar-refractivity contribution in [1.82, 2.24) is 5.32 Å². The molecule has 1 atom stereocenters. The Hall–Kier alpha value is -2.10. The topological polar surface area (TPSA) is 55.4 Å². The van der Waals surface area contributed by atoms with Crippen molar-refractivity contribution in [3.05, 3.63) is 41.5 Å². The van der Waals surface area contributed by atoms with Crippen molar-refractivity contribution >= 4 is 18.0 Å². The fourth-order valence-electron chi connectivity index (χ4n) is 2.95. The van der Waals surface area contributed by atoms with E-state index in [1.807, 2.05) is 31.2 Å². The largest absolute Gasteiger partial charge is 0.449 e. The fraction of sp³-hybridized carbons (Fsp3) is 0.500. The van der Waals surface area contributed by atoms with Crippen molar-refractivity contribution in [3.8, 4) is 0 Å². The van der Waals surface area contributed by atoms with E-state index < -0.39 is 12.1 Å². The number of hydrogen-bond acceptors (Lipinski definition) is 3. The highest BCUT2D eigenvalue weighted by molar-refractivity contribution is 5.90. The van der Waals surface area contributed by atoms with Gasteiger partial charge in [-0.15, -0.1) is 0 Å². The van der Waals surface area contributed by atoms with Gasteiger partial charge >= 0.3 is 5.97 Å². The first-order valence-corrected chi connectivity index (χ1v) is 8.80. The van der Waals surface area contributed by atoms with Crippen LogP contribution in [-0.4, -0.2) is 24.0 Å². The third-order valence-corrected chi connectivity index (χ3v) is 4.32. The van der Waals surface area contributed by atoms with Gasteiger partial charge in [0.25, 0.3) is 5.91 Å². The molecule has 1 aliphatic rings. The molecule has 24 heavy (non-hydrogen) atoms. The average Bonchev–Trinajstić information content (AvgIpc) is 2.81. The summed E-state index contributed by atoms with van der Waals surface area (Å²) < 4.78 is 5.20. The van der Waals surface area contributed by atoms with Gasteiger partial charge in [0.15, 0.2) is 6.10 Å². The Balaban J connectivity index is 1.80. The Morgan fingerprint density at radius 3 is 2.58 bits per heavy atom. The molecule has 0 aromatic heterocycles. The minimum Gasteiger partial charge on any atom is -0.449 e. The summed E-state index contributed by atoms with van der Waals surface area (Å²) in [7, 11) is 0. The van der Waals surface area contributed by atoms with E-state index in [9.17, 15) is 9.59 Å². The van der Waals surface area contributed by atoms with E-state index in [0.717, 1.165) is 36.8 Å². The highest BCUT2D eigenvalue weighted by Crippen LogP contribution is 2.17. The summed E-state index contributed by atoms with van der Waals surface area (Å²) in [4.78, 5) is 24.0. The maximum atomic E-state index is 12.2. The zero-order valence-electron chi connectivity index (χ0n) is 14.6. The number of carbonyl (C=O) groups is 2. The molecule has 0 aliphatic heterocycles. The van der Waals surface area contributed by atoms with Crippen molar-refractivity contribution in [1.29, 1.82) is 0 Å². The first kappa shape index (κ1) is 18.2. The van der Waals surface area contributed by atoms with Gasteiger partial charge in [-0.2, -0.15) is 0 Å². The van der Waals surface area contributed by atoms with Gasteiger partial charge in [0.2, 0.25) is 0 Å². The Kier molecular flexibility index (Phi) is 7.04. The van der Waals surface area contributed by atoms with E-state index >= 15 is 0 Å². The number of aryl methyl sites for hydroxylation is 1. The summed E-state index contributed by atoms with van der Waals surface area (Å²) in [6.07, 6.45) is 9.09. The van der Waals surface area contributed by atoms with Gasteiger partial charge in [0.05, 0.1) is 0 Å². The van der Waals surface area contributed by atoms with Gasteiger partial charge in [-0.25, -0.2) is 4.79 Å². The molecule has 1 aliphatic carbocycles. The number of benzene rings is 1. The van der Waals surface area contributed by atoms with Crippen molar-refractivity contribution in [2.75, 3.05) is 0 Å². The van der Waals surface area contributed by atoms with Crippen LogP contribution >= 0.6 is 0 Å². The molecule has 1 fully saturated rings. The predicted octanol–water partition coefficient (Wildman–Crippen LogP) is 3.78. The average molecular weight is 329 g/mol. The summed E-state index contributed by atoms with van der Waals surface area (Å²) in [5.41, 5.74) is 2.06. The lowest BCUT2D eigenvalue weighted by molar-refractivity contribution is -0.150. The molecule has 0 radical (unpaired) electrons. The monoisotopic (exact) mass is 329 g/mol. The number of carbonyl (C=O) groups excluding carboxylic acids is 2. The standard InChI is InChI=1S/C20H27NO3/c1-15-8-7-9-17(14-15)12-13-19(22)24-16(2)20(23)21-18-10-5-3-4-6-11-18/h7-9,12-14,16,18H,3-6,10-11H2,1-2H3,(H,21,23)/b13-12+/t16-/m0/s1. The zero-order chi connectivity index (χ0) is 17.4. The van der Waals surface area contributed by atoms with E-state index in [1.165, 1.54) is 18.9 Å². The minimum atomic E-state index is -0.775. The third-order valence-electron chi connectivity index (χ3n) is 4.32. The molecule has 0 saturated heterocycles. The second-order valence-electron chi connectivity index (χ2n) is 6.52. The Morgan fingerprint density at radius 1 is 1.21 bits per heavy atom. The Labute approximate surface area is 144 Å². The summed E-state index contributed by atoms with van der Waals surface area (Å²) in [5, 5.41) is 3.00. The summed E-state index contributed by atoms with van der Waals surface area (Å²) in [5.74, 6) is -0.709. The number of nitrogens with one attached hydrogen (secondary N) is 1. The van der Waals surface area contributed by atoms with Crippen LogP contribution in [0.15, 0.2) is 30.3 Å². The van der Waals surface area contributed by atoms with Crippen LogP contribution in [0.4, 0.5) is 0 Å². The van der Waals surface area contributed by atoms with Gasteiger partial charge in [-0.3, -0.25) is 4.79 Å². The Morgan fingerprint density at radius 2 is 1.92 bits per heavy atom. The molecule has 0 heterocycles. The van der Waals surface area contributed by atoms with Crippen molar-refractivity contribution in [2.45, 2.75) is 64.5 Å². The molecule has 1 aromatic rings. The molecule has 0 bridgehead atoms. The smallest absolute Gasteiger partial charge is 0.331 e. The Bertz CT molecular complexity index is 586. The van der Waals surface area contributed by atoms with Crippen molar-refractivity contribution in [3.63, 3.8) is 0 Å². The van der Waals surface area contributed by atoms with E-state index in [-0.39, 0.29) is 11.9 Å². The number of rotatable bonds is 5. The maximum Gasteiger partial charge on any atom is 0.331 e. The van der Waals surface area contributed by atoms with Gasteiger partial charge in [0.1, 0.15) is 0 Å².